The van der Waals surface area contributed by atoms with Crippen LogP contribution in [-0.2, 0) is 14.6 Å². The van der Waals surface area contributed by atoms with Gasteiger partial charge < -0.3 is 14.8 Å². The number of anilines is 1. The number of carbonyl (C=O) groups is 2. The van der Waals surface area contributed by atoms with E-state index in [-0.39, 0.29) is 20.6 Å². The van der Waals surface area contributed by atoms with Crippen molar-refractivity contribution in [2.24, 2.45) is 0 Å². The van der Waals surface area contributed by atoms with Crippen LogP contribution < -0.4 is 14.8 Å². The predicted molar refractivity (Wildman–Crippen MR) is 90.4 cm³/mol. The normalized spacial score (nSPS) is 13.4. The SMILES string of the molecule is CC(=O)Nc1nc(S(C)(=O)=O)sc1C(=O)c1ccc2c(c1)OCCO2. The number of rotatable bonds is 4. The van der Waals surface area contributed by atoms with Crippen molar-refractivity contribution in [3.8, 4) is 11.5 Å². The molecule has 8 nitrogen and oxygen atoms in total. The van der Waals surface area contributed by atoms with E-state index in [0.717, 1.165) is 6.26 Å². The number of nitrogens with zero attached hydrogens (tertiary/aromatic N) is 1. The highest BCUT2D eigenvalue weighted by Crippen LogP contribution is 2.34. The molecule has 25 heavy (non-hydrogen) atoms. The Morgan fingerprint density at radius 2 is 1.88 bits per heavy atom. The Hall–Kier alpha value is -2.46. The molecule has 0 saturated heterocycles. The first-order valence-electron chi connectivity index (χ1n) is 7.18. The minimum Gasteiger partial charge on any atom is -0.486 e. The largest absolute Gasteiger partial charge is 0.486 e. The molecule has 0 spiro atoms. The van der Waals surface area contributed by atoms with Gasteiger partial charge in [-0.2, -0.15) is 0 Å². The van der Waals surface area contributed by atoms with Gasteiger partial charge in [-0.25, -0.2) is 13.4 Å². The minimum absolute atomic E-state index is 0.0345. The van der Waals surface area contributed by atoms with E-state index < -0.39 is 21.5 Å². The number of ketones is 1. The molecule has 0 saturated carbocycles. The van der Waals surface area contributed by atoms with Crippen molar-refractivity contribution < 1.29 is 27.5 Å². The number of ether oxygens (including phenoxy) is 2. The summed E-state index contributed by atoms with van der Waals surface area (Å²) in [5, 5.41) is 2.40. The van der Waals surface area contributed by atoms with Crippen LogP contribution in [0, 0.1) is 0 Å². The van der Waals surface area contributed by atoms with Crippen molar-refractivity contribution in [3.05, 3.63) is 28.6 Å². The summed E-state index contributed by atoms with van der Waals surface area (Å²) in [6.07, 6.45) is 0.988. The summed E-state index contributed by atoms with van der Waals surface area (Å²) in [5.74, 6) is -0.0236. The third kappa shape index (κ3) is 3.64. The summed E-state index contributed by atoms with van der Waals surface area (Å²) in [6, 6.07) is 4.68. The van der Waals surface area contributed by atoms with E-state index >= 15 is 0 Å². The quantitative estimate of drug-likeness (QED) is 0.798. The zero-order valence-corrected chi connectivity index (χ0v) is 15.0. The van der Waals surface area contributed by atoms with Crippen LogP contribution in [0.2, 0.25) is 0 Å². The molecule has 0 aliphatic carbocycles. The highest BCUT2D eigenvalue weighted by atomic mass is 32.2. The molecule has 0 unspecified atom stereocenters. The predicted octanol–water partition coefficient (Wildman–Crippen LogP) is 1.51. The van der Waals surface area contributed by atoms with Gasteiger partial charge in [0.15, 0.2) is 17.3 Å². The first-order valence-corrected chi connectivity index (χ1v) is 9.89. The fourth-order valence-electron chi connectivity index (χ4n) is 2.18. The smallest absolute Gasteiger partial charge is 0.222 e. The van der Waals surface area contributed by atoms with Crippen molar-refractivity contribution in [2.75, 3.05) is 24.8 Å². The number of amides is 1. The molecule has 1 N–H and O–H groups in total. The summed E-state index contributed by atoms with van der Waals surface area (Å²) in [6.45, 7) is 2.05. The molecule has 1 aliphatic heterocycles. The average molecular weight is 382 g/mol. The summed E-state index contributed by atoms with van der Waals surface area (Å²) in [5.41, 5.74) is 0.277. The molecule has 2 aromatic rings. The van der Waals surface area contributed by atoms with E-state index in [4.69, 9.17) is 9.47 Å². The number of carbonyl (C=O) groups excluding carboxylic acids is 2. The third-order valence-electron chi connectivity index (χ3n) is 3.23. The van der Waals surface area contributed by atoms with Crippen molar-refractivity contribution >= 4 is 38.7 Å². The van der Waals surface area contributed by atoms with Gasteiger partial charge >= 0.3 is 0 Å². The molecule has 1 aromatic carbocycles. The van der Waals surface area contributed by atoms with Gasteiger partial charge in [0, 0.05) is 18.7 Å². The maximum atomic E-state index is 12.8. The molecule has 3 rings (SSSR count). The molecule has 10 heteroatoms. The molecule has 0 fully saturated rings. The number of sulfone groups is 1. The van der Waals surface area contributed by atoms with Gasteiger partial charge in [0.2, 0.25) is 25.9 Å². The van der Waals surface area contributed by atoms with Crippen LogP contribution in [0.1, 0.15) is 22.2 Å². The summed E-state index contributed by atoms with van der Waals surface area (Å²) in [4.78, 5) is 28.0. The van der Waals surface area contributed by atoms with Crippen LogP contribution >= 0.6 is 11.3 Å². The molecule has 1 aliphatic rings. The number of hydrogen-bond acceptors (Lipinski definition) is 8. The minimum atomic E-state index is -3.61. The highest BCUT2D eigenvalue weighted by molar-refractivity contribution is 7.92. The first-order chi connectivity index (χ1) is 11.8. The van der Waals surface area contributed by atoms with E-state index in [2.05, 4.69) is 10.3 Å². The molecule has 0 bridgehead atoms. The Morgan fingerprint density at radius 3 is 2.52 bits per heavy atom. The van der Waals surface area contributed by atoms with Gasteiger partial charge in [0.25, 0.3) is 0 Å². The van der Waals surface area contributed by atoms with Crippen molar-refractivity contribution in [1.29, 1.82) is 0 Å². The van der Waals surface area contributed by atoms with E-state index in [9.17, 15) is 18.0 Å². The Balaban J connectivity index is 2.04. The highest BCUT2D eigenvalue weighted by Gasteiger charge is 2.25. The number of nitrogens with one attached hydrogen (secondary N) is 1. The Kier molecular flexibility index (Phi) is 4.48. The number of thiazole rings is 1. The van der Waals surface area contributed by atoms with E-state index in [1.54, 1.807) is 12.1 Å². The molecular weight excluding hydrogens is 368 g/mol. The lowest BCUT2D eigenvalue weighted by Crippen LogP contribution is -2.16. The Bertz CT molecular complexity index is 964. The topological polar surface area (TPSA) is 112 Å². The van der Waals surface area contributed by atoms with E-state index in [0.29, 0.717) is 36.0 Å². The van der Waals surface area contributed by atoms with Crippen LogP contribution in [0.4, 0.5) is 5.82 Å². The Morgan fingerprint density at radius 1 is 1.20 bits per heavy atom. The fraction of sp³-hybridized carbons (Fsp3) is 0.267. The Labute approximate surface area is 147 Å². The van der Waals surface area contributed by atoms with E-state index in [1.807, 2.05) is 0 Å². The monoisotopic (exact) mass is 382 g/mol. The van der Waals surface area contributed by atoms with Crippen LogP contribution in [0.3, 0.4) is 0 Å². The molecule has 2 heterocycles. The van der Waals surface area contributed by atoms with Crippen molar-refractivity contribution in [1.82, 2.24) is 4.98 Å². The van der Waals surface area contributed by atoms with Gasteiger partial charge in [-0.1, -0.05) is 11.3 Å². The lowest BCUT2D eigenvalue weighted by molar-refractivity contribution is -0.114. The van der Waals surface area contributed by atoms with E-state index in [1.165, 1.54) is 13.0 Å². The van der Waals surface area contributed by atoms with Crippen LogP contribution in [0.5, 0.6) is 11.5 Å². The second kappa shape index (κ2) is 6.45. The summed E-state index contributed by atoms with van der Waals surface area (Å²) in [7, 11) is -3.61. The maximum Gasteiger partial charge on any atom is 0.222 e. The number of benzene rings is 1. The fourth-order valence-corrected chi connectivity index (χ4v) is 4.01. The average Bonchev–Trinajstić information content (AvgIpc) is 2.97. The lowest BCUT2D eigenvalue weighted by Gasteiger charge is -2.18. The van der Waals surface area contributed by atoms with Gasteiger partial charge in [-0.15, -0.1) is 0 Å². The molecular formula is C15H14N2O6S2. The standard InChI is InChI=1S/C15H14N2O6S2/c1-8(18)16-14-13(24-15(17-14)25(2,20)21)12(19)9-3-4-10-11(7-9)23-6-5-22-10/h3-4,7H,5-6H2,1-2H3,(H,16,18). The van der Waals surface area contributed by atoms with Gasteiger partial charge in [-0.05, 0) is 18.2 Å². The van der Waals surface area contributed by atoms with Crippen LogP contribution in [-0.4, -0.2) is 44.6 Å². The van der Waals surface area contributed by atoms with Crippen molar-refractivity contribution in [2.45, 2.75) is 11.3 Å². The number of hydrogen-bond donors (Lipinski definition) is 1. The lowest BCUT2D eigenvalue weighted by atomic mass is 10.1. The number of fused-ring (bicyclic) bond motifs is 1. The zero-order chi connectivity index (χ0) is 18.2. The molecule has 132 valence electrons. The number of aromatic nitrogens is 1. The van der Waals surface area contributed by atoms with Crippen LogP contribution in [0.15, 0.2) is 22.5 Å². The molecule has 1 aromatic heterocycles. The van der Waals surface area contributed by atoms with Gasteiger partial charge in [0.05, 0.1) is 0 Å². The second-order valence-electron chi connectivity index (χ2n) is 5.30. The third-order valence-corrected chi connectivity index (χ3v) is 5.96. The van der Waals surface area contributed by atoms with Gasteiger partial charge in [0.1, 0.15) is 18.1 Å². The van der Waals surface area contributed by atoms with Gasteiger partial charge in [-0.3, -0.25) is 9.59 Å². The second-order valence-corrected chi connectivity index (χ2v) is 8.49. The molecule has 1 amide bonds. The molecule has 0 radical (unpaired) electrons. The zero-order valence-electron chi connectivity index (χ0n) is 13.4. The summed E-state index contributed by atoms with van der Waals surface area (Å²) >= 11 is 0.713. The van der Waals surface area contributed by atoms with Crippen LogP contribution in [0.25, 0.3) is 0 Å². The summed E-state index contributed by atoms with van der Waals surface area (Å²) < 4.78 is 34.1. The van der Waals surface area contributed by atoms with Crippen molar-refractivity contribution in [3.63, 3.8) is 0 Å². The molecule has 0 atom stereocenters. The first kappa shape index (κ1) is 17.4. The maximum absolute atomic E-state index is 12.8.